The van der Waals surface area contributed by atoms with Crippen LogP contribution >= 0.6 is 12.2 Å². The summed E-state index contributed by atoms with van der Waals surface area (Å²) in [6.07, 6.45) is 1.95. The van der Waals surface area contributed by atoms with Crippen molar-refractivity contribution in [1.29, 1.82) is 0 Å². The second-order valence-corrected chi connectivity index (χ2v) is 6.55. The summed E-state index contributed by atoms with van der Waals surface area (Å²) in [5, 5.41) is 8.06. The van der Waals surface area contributed by atoms with E-state index >= 15 is 0 Å². The molecule has 0 aliphatic carbocycles. The van der Waals surface area contributed by atoms with E-state index < -0.39 is 0 Å². The number of hydrogen-bond acceptors (Lipinski definition) is 3. The van der Waals surface area contributed by atoms with Gasteiger partial charge >= 0.3 is 0 Å². The van der Waals surface area contributed by atoms with E-state index in [0.717, 1.165) is 30.0 Å². The minimum absolute atomic E-state index is 0.467. The van der Waals surface area contributed by atoms with Gasteiger partial charge < -0.3 is 10.1 Å². The van der Waals surface area contributed by atoms with Crippen molar-refractivity contribution in [2.24, 2.45) is 16.9 Å². The number of anilines is 1. The molecular weight excluding hydrogens is 294 g/mol. The maximum Gasteiger partial charge on any atom is 0.191 e. The van der Waals surface area contributed by atoms with Gasteiger partial charge in [0.2, 0.25) is 0 Å². The number of ether oxygens (including phenoxy) is 1. The zero-order valence-corrected chi connectivity index (χ0v) is 15.0. The molecule has 1 rings (SSSR count). The van der Waals surface area contributed by atoms with E-state index in [4.69, 9.17) is 17.0 Å². The lowest BCUT2D eigenvalue weighted by molar-refractivity contribution is 0.417. The Morgan fingerprint density at radius 2 is 1.73 bits per heavy atom. The minimum Gasteiger partial charge on any atom is -0.495 e. The molecule has 122 valence electrons. The molecule has 2 N–H and O–H groups in total. The summed E-state index contributed by atoms with van der Waals surface area (Å²) in [5.74, 6) is 1.91. The molecule has 0 fully saturated rings. The van der Waals surface area contributed by atoms with E-state index in [1.54, 1.807) is 7.11 Å². The molecule has 0 saturated heterocycles. The second kappa shape index (κ2) is 9.41. The lowest BCUT2D eigenvalue weighted by Crippen LogP contribution is -2.26. The third-order valence-electron chi connectivity index (χ3n) is 2.96. The molecule has 0 unspecified atom stereocenters. The Balaban J connectivity index is 2.67. The first-order valence-electron chi connectivity index (χ1n) is 7.67. The van der Waals surface area contributed by atoms with E-state index in [1.807, 2.05) is 24.3 Å². The van der Waals surface area contributed by atoms with Crippen LogP contribution in [-0.4, -0.2) is 17.9 Å². The van der Waals surface area contributed by atoms with Crippen LogP contribution in [0.5, 0.6) is 5.75 Å². The van der Waals surface area contributed by atoms with Crippen LogP contribution in [0.4, 0.5) is 5.69 Å². The van der Waals surface area contributed by atoms with Crippen molar-refractivity contribution in [3.63, 3.8) is 0 Å². The van der Waals surface area contributed by atoms with Crippen LogP contribution in [-0.2, 0) is 0 Å². The van der Waals surface area contributed by atoms with Crippen molar-refractivity contribution in [3.8, 4) is 5.75 Å². The summed E-state index contributed by atoms with van der Waals surface area (Å²) in [6, 6.07) is 7.65. The van der Waals surface area contributed by atoms with Gasteiger partial charge in [0, 0.05) is 5.71 Å². The number of nitrogens with zero attached hydrogens (tertiary/aromatic N) is 1. The van der Waals surface area contributed by atoms with Gasteiger partial charge in [-0.3, -0.25) is 5.43 Å². The minimum atomic E-state index is 0.467. The van der Waals surface area contributed by atoms with Crippen LogP contribution < -0.4 is 15.5 Å². The maximum atomic E-state index is 5.30. The molecule has 0 aromatic heterocycles. The molecule has 1 aromatic carbocycles. The molecule has 0 amide bonds. The lowest BCUT2D eigenvalue weighted by atomic mass is 9.99. The molecule has 0 aliphatic rings. The summed E-state index contributed by atoms with van der Waals surface area (Å²) < 4.78 is 5.29. The second-order valence-electron chi connectivity index (χ2n) is 6.14. The van der Waals surface area contributed by atoms with Crippen LogP contribution in [0.25, 0.3) is 0 Å². The Hall–Kier alpha value is -1.62. The van der Waals surface area contributed by atoms with Gasteiger partial charge in [0.25, 0.3) is 0 Å². The van der Waals surface area contributed by atoms with Crippen LogP contribution in [0.3, 0.4) is 0 Å². The van der Waals surface area contributed by atoms with Gasteiger partial charge in [0.15, 0.2) is 5.11 Å². The molecule has 0 aliphatic heterocycles. The fourth-order valence-electron chi connectivity index (χ4n) is 2.15. The first kappa shape index (κ1) is 18.4. The van der Waals surface area contributed by atoms with E-state index in [9.17, 15) is 0 Å². The summed E-state index contributed by atoms with van der Waals surface area (Å²) in [6.45, 7) is 8.78. The van der Waals surface area contributed by atoms with Gasteiger partial charge in [-0.15, -0.1) is 0 Å². The quantitative estimate of drug-likeness (QED) is 0.443. The van der Waals surface area contributed by atoms with Crippen LogP contribution in [0.2, 0.25) is 0 Å². The van der Waals surface area contributed by atoms with Crippen LogP contribution in [0, 0.1) is 11.8 Å². The number of nitrogens with one attached hydrogen (secondary N) is 2. The van der Waals surface area contributed by atoms with Gasteiger partial charge in [-0.1, -0.05) is 39.8 Å². The Morgan fingerprint density at radius 3 is 2.27 bits per heavy atom. The zero-order chi connectivity index (χ0) is 16.5. The van der Waals surface area contributed by atoms with Gasteiger partial charge in [0.1, 0.15) is 5.75 Å². The Kier molecular flexibility index (Phi) is 7.88. The fourth-order valence-corrected chi connectivity index (χ4v) is 2.30. The molecule has 4 nitrogen and oxygen atoms in total. The van der Waals surface area contributed by atoms with E-state index in [2.05, 4.69) is 43.5 Å². The third-order valence-corrected chi connectivity index (χ3v) is 3.15. The predicted molar refractivity (Wildman–Crippen MR) is 98.7 cm³/mol. The maximum absolute atomic E-state index is 5.30. The smallest absolute Gasteiger partial charge is 0.191 e. The monoisotopic (exact) mass is 321 g/mol. The first-order valence-corrected chi connectivity index (χ1v) is 8.08. The highest BCUT2D eigenvalue weighted by Crippen LogP contribution is 2.22. The molecule has 0 spiro atoms. The van der Waals surface area contributed by atoms with Gasteiger partial charge in [-0.2, -0.15) is 5.10 Å². The molecule has 5 heteroatoms. The molecule has 0 heterocycles. The van der Waals surface area contributed by atoms with Crippen molar-refractivity contribution in [3.05, 3.63) is 24.3 Å². The zero-order valence-electron chi connectivity index (χ0n) is 14.1. The molecule has 1 aromatic rings. The van der Waals surface area contributed by atoms with E-state index in [-0.39, 0.29) is 0 Å². The van der Waals surface area contributed by atoms with Gasteiger partial charge in [0.05, 0.1) is 12.8 Å². The number of hydrazone groups is 1. The van der Waals surface area contributed by atoms with Crippen LogP contribution in [0.1, 0.15) is 40.5 Å². The average Bonchev–Trinajstić information content (AvgIpc) is 2.44. The van der Waals surface area contributed by atoms with Crippen molar-refractivity contribution >= 4 is 28.7 Å². The number of hydrogen-bond donors (Lipinski definition) is 2. The highest BCUT2D eigenvalue weighted by Gasteiger charge is 2.07. The largest absolute Gasteiger partial charge is 0.495 e. The fraction of sp³-hybridized carbons (Fsp3) is 0.529. The molecule has 0 radical (unpaired) electrons. The van der Waals surface area contributed by atoms with Crippen molar-refractivity contribution in [2.75, 3.05) is 12.4 Å². The third kappa shape index (κ3) is 6.89. The normalized spacial score (nSPS) is 10.5. The molecule has 0 atom stereocenters. The number of para-hydroxylation sites is 2. The summed E-state index contributed by atoms with van der Waals surface area (Å²) in [4.78, 5) is 0. The molecular formula is C17H27N3OS. The van der Waals surface area contributed by atoms with Crippen LogP contribution in [0.15, 0.2) is 29.4 Å². The molecule has 0 saturated carbocycles. The summed E-state index contributed by atoms with van der Waals surface area (Å²) in [7, 11) is 1.64. The highest BCUT2D eigenvalue weighted by molar-refractivity contribution is 7.80. The summed E-state index contributed by atoms with van der Waals surface area (Å²) >= 11 is 5.30. The van der Waals surface area contributed by atoms with Crippen molar-refractivity contribution in [1.82, 2.24) is 5.43 Å². The Bertz CT molecular complexity index is 500. The van der Waals surface area contributed by atoms with Gasteiger partial charge in [-0.05, 0) is 49.0 Å². The SMILES string of the molecule is COc1ccccc1NC(=S)NN=C(CC(C)C)CC(C)C. The topological polar surface area (TPSA) is 45.6 Å². The lowest BCUT2D eigenvalue weighted by Gasteiger charge is -2.14. The molecule has 22 heavy (non-hydrogen) atoms. The van der Waals surface area contributed by atoms with E-state index in [0.29, 0.717) is 16.9 Å². The molecule has 0 bridgehead atoms. The summed E-state index contributed by atoms with van der Waals surface area (Å²) in [5.41, 5.74) is 4.92. The number of rotatable bonds is 7. The van der Waals surface area contributed by atoms with Crippen molar-refractivity contribution in [2.45, 2.75) is 40.5 Å². The average molecular weight is 321 g/mol. The number of thiocarbonyl (C=S) groups is 1. The van der Waals surface area contributed by atoms with E-state index in [1.165, 1.54) is 0 Å². The number of methoxy groups -OCH3 is 1. The highest BCUT2D eigenvalue weighted by atomic mass is 32.1. The first-order chi connectivity index (χ1) is 10.4. The number of benzene rings is 1. The standard InChI is InChI=1S/C17H27N3OS/c1-12(2)10-14(11-13(3)4)19-20-17(22)18-15-8-6-7-9-16(15)21-5/h6-9,12-13H,10-11H2,1-5H3,(H2,18,20,22). The Labute approximate surface area is 139 Å². The predicted octanol–water partition coefficient (Wildman–Crippen LogP) is 4.43. The Morgan fingerprint density at radius 1 is 1.14 bits per heavy atom. The van der Waals surface area contributed by atoms with Gasteiger partial charge in [-0.25, -0.2) is 0 Å². The van der Waals surface area contributed by atoms with Crippen molar-refractivity contribution < 1.29 is 4.74 Å².